The summed E-state index contributed by atoms with van der Waals surface area (Å²) in [5.41, 5.74) is 5.42. The molecule has 1 aromatic heterocycles. The highest BCUT2D eigenvalue weighted by atomic mass is 19.1. The quantitative estimate of drug-likeness (QED) is 0.449. The van der Waals surface area contributed by atoms with Gasteiger partial charge in [0.2, 0.25) is 5.91 Å². The van der Waals surface area contributed by atoms with Gasteiger partial charge in [-0.15, -0.1) is 0 Å². The number of carbonyl (C=O) groups is 1. The maximum Gasteiger partial charge on any atom is 0.219 e. The molecule has 5 rings (SSSR count). The van der Waals surface area contributed by atoms with Crippen LogP contribution in [0.15, 0.2) is 72.9 Å². The minimum atomic E-state index is -0.261. The number of hydrogen-bond acceptors (Lipinski definition) is 2. The van der Waals surface area contributed by atoms with E-state index in [0.29, 0.717) is 0 Å². The SMILES string of the molecule is CC(=O)N1CCC(Cc2ccccc2)(c2cc3cnn(-c4ccc(F)cc4)c3cc2C)C1. The molecule has 3 aromatic carbocycles. The maximum atomic E-state index is 13.4. The van der Waals surface area contributed by atoms with E-state index in [1.807, 2.05) is 21.8 Å². The Kier molecular flexibility index (Phi) is 5.04. The van der Waals surface area contributed by atoms with Gasteiger partial charge in [-0.2, -0.15) is 5.10 Å². The Balaban J connectivity index is 1.61. The Morgan fingerprint density at radius 2 is 1.84 bits per heavy atom. The molecule has 0 bridgehead atoms. The minimum absolute atomic E-state index is 0.128. The first-order valence-electron chi connectivity index (χ1n) is 11.0. The zero-order valence-electron chi connectivity index (χ0n) is 18.4. The average molecular weight is 428 g/mol. The molecule has 5 heteroatoms. The summed E-state index contributed by atoms with van der Waals surface area (Å²) in [5, 5.41) is 5.63. The molecule has 1 saturated heterocycles. The van der Waals surface area contributed by atoms with Gasteiger partial charge < -0.3 is 4.90 Å². The predicted octanol–water partition coefficient (Wildman–Crippen LogP) is 5.21. The van der Waals surface area contributed by atoms with Crippen molar-refractivity contribution >= 4 is 16.8 Å². The fourth-order valence-electron chi connectivity index (χ4n) is 5.12. The van der Waals surface area contributed by atoms with Gasteiger partial charge in [-0.3, -0.25) is 4.79 Å². The Morgan fingerprint density at radius 1 is 1.09 bits per heavy atom. The summed E-state index contributed by atoms with van der Waals surface area (Å²) in [6.45, 7) is 5.28. The monoisotopic (exact) mass is 427 g/mol. The van der Waals surface area contributed by atoms with Gasteiger partial charge >= 0.3 is 0 Å². The lowest BCUT2D eigenvalue weighted by atomic mass is 9.73. The molecule has 1 atom stereocenters. The zero-order chi connectivity index (χ0) is 22.3. The Hall–Kier alpha value is -3.47. The average Bonchev–Trinajstić information content (AvgIpc) is 3.39. The third kappa shape index (κ3) is 3.58. The molecule has 1 aliphatic rings. The van der Waals surface area contributed by atoms with Crippen LogP contribution in [0.5, 0.6) is 0 Å². The Morgan fingerprint density at radius 3 is 2.53 bits per heavy atom. The Bertz CT molecular complexity index is 1280. The van der Waals surface area contributed by atoms with E-state index in [-0.39, 0.29) is 17.1 Å². The molecule has 162 valence electrons. The number of hydrogen-bond donors (Lipinski definition) is 0. The van der Waals surface area contributed by atoms with Crippen molar-refractivity contribution in [1.82, 2.24) is 14.7 Å². The van der Waals surface area contributed by atoms with Crippen LogP contribution in [0.2, 0.25) is 0 Å². The van der Waals surface area contributed by atoms with Crippen LogP contribution in [0.3, 0.4) is 0 Å². The Labute approximate surface area is 187 Å². The smallest absolute Gasteiger partial charge is 0.219 e. The molecule has 0 radical (unpaired) electrons. The molecule has 1 amide bonds. The number of nitrogens with zero attached hydrogens (tertiary/aromatic N) is 3. The van der Waals surface area contributed by atoms with E-state index in [1.54, 1.807) is 19.1 Å². The third-order valence-electron chi connectivity index (χ3n) is 6.74. The molecule has 1 unspecified atom stereocenters. The largest absolute Gasteiger partial charge is 0.342 e. The van der Waals surface area contributed by atoms with Crippen molar-refractivity contribution in [1.29, 1.82) is 0 Å². The lowest BCUT2D eigenvalue weighted by Gasteiger charge is -2.32. The second kappa shape index (κ2) is 7.90. The third-order valence-corrected chi connectivity index (χ3v) is 6.74. The summed E-state index contributed by atoms with van der Waals surface area (Å²) in [6.07, 6.45) is 3.69. The van der Waals surface area contributed by atoms with E-state index in [4.69, 9.17) is 0 Å². The van der Waals surface area contributed by atoms with E-state index in [1.165, 1.54) is 28.8 Å². The number of carbonyl (C=O) groups excluding carboxylic acids is 1. The minimum Gasteiger partial charge on any atom is -0.342 e. The van der Waals surface area contributed by atoms with Crippen LogP contribution in [0.1, 0.15) is 30.0 Å². The summed E-state index contributed by atoms with van der Waals surface area (Å²) in [7, 11) is 0. The molecular weight excluding hydrogens is 401 g/mol. The number of rotatable bonds is 4. The van der Waals surface area contributed by atoms with Crippen molar-refractivity contribution in [2.45, 2.75) is 32.1 Å². The van der Waals surface area contributed by atoms with E-state index in [9.17, 15) is 9.18 Å². The zero-order valence-corrected chi connectivity index (χ0v) is 18.4. The molecule has 4 aromatic rings. The lowest BCUT2D eigenvalue weighted by molar-refractivity contribution is -0.128. The first-order chi connectivity index (χ1) is 15.4. The maximum absolute atomic E-state index is 13.4. The van der Waals surface area contributed by atoms with Crippen molar-refractivity contribution in [3.8, 4) is 5.69 Å². The molecule has 0 spiro atoms. The molecule has 1 fully saturated rings. The normalized spacial score (nSPS) is 18.4. The fourth-order valence-corrected chi connectivity index (χ4v) is 5.12. The summed E-state index contributed by atoms with van der Waals surface area (Å²) >= 11 is 0. The molecule has 4 nitrogen and oxygen atoms in total. The van der Waals surface area contributed by atoms with E-state index in [2.05, 4.69) is 48.4 Å². The molecular formula is C27H26FN3O. The summed E-state index contributed by atoms with van der Waals surface area (Å²) in [4.78, 5) is 14.2. The van der Waals surface area contributed by atoms with Gasteiger partial charge in [0.05, 0.1) is 17.4 Å². The van der Waals surface area contributed by atoms with Gasteiger partial charge in [-0.05, 0) is 72.9 Å². The first kappa shape index (κ1) is 20.4. The first-order valence-corrected chi connectivity index (χ1v) is 11.0. The number of fused-ring (bicyclic) bond motifs is 1. The van der Waals surface area contributed by atoms with Gasteiger partial charge in [0.1, 0.15) is 5.82 Å². The van der Waals surface area contributed by atoms with Crippen LogP contribution >= 0.6 is 0 Å². The number of halogens is 1. The highest BCUT2D eigenvalue weighted by Crippen LogP contribution is 2.41. The van der Waals surface area contributed by atoms with Crippen LogP contribution in [-0.4, -0.2) is 33.7 Å². The van der Waals surface area contributed by atoms with Crippen LogP contribution < -0.4 is 0 Å². The van der Waals surface area contributed by atoms with Crippen molar-refractivity contribution in [3.63, 3.8) is 0 Å². The van der Waals surface area contributed by atoms with Crippen LogP contribution in [-0.2, 0) is 16.6 Å². The van der Waals surface area contributed by atoms with Gasteiger partial charge in [0, 0.05) is 30.8 Å². The topological polar surface area (TPSA) is 38.1 Å². The molecule has 32 heavy (non-hydrogen) atoms. The summed E-state index contributed by atoms with van der Waals surface area (Å²) in [6, 6.07) is 21.3. The van der Waals surface area contributed by atoms with Gasteiger partial charge in [-0.25, -0.2) is 9.07 Å². The second-order valence-electron chi connectivity index (χ2n) is 8.89. The van der Waals surface area contributed by atoms with Crippen molar-refractivity contribution in [2.24, 2.45) is 0 Å². The van der Waals surface area contributed by atoms with E-state index < -0.39 is 0 Å². The number of aromatic nitrogens is 2. The van der Waals surface area contributed by atoms with Gasteiger partial charge in [0.25, 0.3) is 0 Å². The van der Waals surface area contributed by atoms with Crippen molar-refractivity contribution < 1.29 is 9.18 Å². The lowest BCUT2D eigenvalue weighted by Crippen LogP contribution is -2.35. The standard InChI is InChI=1S/C27H26FN3O/c1-19-14-26-22(17-29-31(26)24-10-8-23(28)9-11-24)15-25(19)27(12-13-30(18-27)20(2)32)16-21-6-4-3-5-7-21/h3-11,14-15,17H,12-13,16,18H2,1-2H3. The van der Waals surface area contributed by atoms with E-state index >= 15 is 0 Å². The van der Waals surface area contributed by atoms with Gasteiger partial charge in [-0.1, -0.05) is 30.3 Å². The van der Waals surface area contributed by atoms with Crippen molar-refractivity contribution in [2.75, 3.05) is 13.1 Å². The molecule has 0 N–H and O–H groups in total. The van der Waals surface area contributed by atoms with Crippen LogP contribution in [0.4, 0.5) is 4.39 Å². The van der Waals surface area contributed by atoms with Gasteiger partial charge in [0.15, 0.2) is 0 Å². The number of benzene rings is 3. The predicted molar refractivity (Wildman–Crippen MR) is 124 cm³/mol. The fraction of sp³-hybridized carbons (Fsp3) is 0.259. The summed E-state index contributed by atoms with van der Waals surface area (Å²) < 4.78 is 15.2. The molecule has 1 aliphatic heterocycles. The second-order valence-corrected chi connectivity index (χ2v) is 8.89. The number of likely N-dealkylation sites (tertiary alicyclic amines) is 1. The van der Waals surface area contributed by atoms with E-state index in [0.717, 1.165) is 42.5 Å². The molecule has 0 aliphatic carbocycles. The number of amides is 1. The highest BCUT2D eigenvalue weighted by Gasteiger charge is 2.41. The highest BCUT2D eigenvalue weighted by molar-refractivity contribution is 5.83. The van der Waals surface area contributed by atoms with Crippen LogP contribution in [0, 0.1) is 12.7 Å². The number of aryl methyl sites for hydroxylation is 1. The van der Waals surface area contributed by atoms with Crippen LogP contribution in [0.25, 0.3) is 16.6 Å². The van der Waals surface area contributed by atoms with Crippen molar-refractivity contribution in [3.05, 3.63) is 95.4 Å². The summed E-state index contributed by atoms with van der Waals surface area (Å²) in [5.74, 6) is -0.134. The molecule has 2 heterocycles. The molecule has 0 saturated carbocycles.